The molecule has 2 nitrogen and oxygen atoms in total. The Balaban J connectivity index is 1.78. The van der Waals surface area contributed by atoms with Crippen molar-refractivity contribution < 1.29 is 13.9 Å². The fourth-order valence-corrected chi connectivity index (χ4v) is 1.36. The smallest absolute Gasteiger partial charge is 0.309 e. The van der Waals surface area contributed by atoms with Gasteiger partial charge in [-0.15, -0.1) is 0 Å². The van der Waals surface area contributed by atoms with E-state index in [-0.39, 0.29) is 24.3 Å². The van der Waals surface area contributed by atoms with Gasteiger partial charge in [-0.1, -0.05) is 18.2 Å². The Morgan fingerprint density at radius 1 is 1.50 bits per heavy atom. The van der Waals surface area contributed by atoms with Gasteiger partial charge in [0.05, 0.1) is 5.92 Å². The second kappa shape index (κ2) is 4.92. The van der Waals surface area contributed by atoms with Crippen LogP contribution in [-0.2, 0) is 9.53 Å². The maximum atomic E-state index is 12.8. The Morgan fingerprint density at radius 2 is 2.31 bits per heavy atom. The van der Waals surface area contributed by atoms with Gasteiger partial charge in [-0.2, -0.15) is 0 Å². The van der Waals surface area contributed by atoms with E-state index in [1.165, 1.54) is 12.1 Å². The lowest BCUT2D eigenvalue weighted by Crippen LogP contribution is -2.05. The van der Waals surface area contributed by atoms with Crippen molar-refractivity contribution in [3.8, 4) is 0 Å². The molecule has 1 aromatic rings. The lowest BCUT2D eigenvalue weighted by atomic mass is 10.2. The molecule has 0 amide bonds. The number of esters is 1. The maximum absolute atomic E-state index is 12.8. The van der Waals surface area contributed by atoms with Gasteiger partial charge in [0.1, 0.15) is 12.4 Å². The lowest BCUT2D eigenvalue weighted by Gasteiger charge is -1.98. The summed E-state index contributed by atoms with van der Waals surface area (Å²) in [5.74, 6) is -0.261. The monoisotopic (exact) mass is 220 g/mol. The van der Waals surface area contributed by atoms with E-state index in [2.05, 4.69) is 0 Å². The van der Waals surface area contributed by atoms with Crippen LogP contribution in [0.5, 0.6) is 0 Å². The summed E-state index contributed by atoms with van der Waals surface area (Å²) in [4.78, 5) is 11.2. The highest BCUT2D eigenvalue weighted by Crippen LogP contribution is 2.29. The van der Waals surface area contributed by atoms with E-state index in [0.717, 1.165) is 18.4 Å². The molecule has 0 N–H and O–H groups in total. The molecule has 1 aliphatic rings. The predicted octanol–water partition coefficient (Wildman–Crippen LogP) is 2.79. The third-order valence-electron chi connectivity index (χ3n) is 2.39. The second-order valence-corrected chi connectivity index (χ2v) is 3.86. The number of ether oxygens (including phenoxy) is 1. The molecule has 0 atom stereocenters. The fraction of sp³-hybridized carbons (Fsp3) is 0.308. The van der Waals surface area contributed by atoms with Gasteiger partial charge in [-0.25, -0.2) is 4.39 Å². The molecule has 1 aromatic carbocycles. The molecular formula is C13H13FO2. The molecule has 0 radical (unpaired) electrons. The Morgan fingerprint density at radius 3 is 3.00 bits per heavy atom. The van der Waals surface area contributed by atoms with Crippen molar-refractivity contribution in [3.63, 3.8) is 0 Å². The van der Waals surface area contributed by atoms with Crippen LogP contribution in [0.15, 0.2) is 30.3 Å². The molecule has 0 aliphatic heterocycles. The van der Waals surface area contributed by atoms with Crippen LogP contribution in [-0.4, -0.2) is 12.6 Å². The summed E-state index contributed by atoms with van der Waals surface area (Å²) >= 11 is 0. The second-order valence-electron chi connectivity index (χ2n) is 3.86. The number of rotatable bonds is 4. The van der Waals surface area contributed by atoms with Gasteiger partial charge < -0.3 is 4.74 Å². The molecule has 0 aromatic heterocycles. The minimum atomic E-state index is -0.267. The van der Waals surface area contributed by atoms with Crippen molar-refractivity contribution in [1.29, 1.82) is 0 Å². The molecule has 3 heteroatoms. The zero-order valence-electron chi connectivity index (χ0n) is 8.86. The number of halogens is 1. The Hall–Kier alpha value is -1.64. The van der Waals surface area contributed by atoms with Gasteiger partial charge in [0.15, 0.2) is 0 Å². The molecule has 0 saturated heterocycles. The summed E-state index contributed by atoms with van der Waals surface area (Å²) < 4.78 is 17.8. The van der Waals surface area contributed by atoms with Crippen LogP contribution in [0.2, 0.25) is 0 Å². The largest absolute Gasteiger partial charge is 0.461 e. The molecule has 1 saturated carbocycles. The molecule has 0 heterocycles. The van der Waals surface area contributed by atoms with Crippen LogP contribution in [0.1, 0.15) is 18.4 Å². The highest BCUT2D eigenvalue weighted by atomic mass is 19.1. The maximum Gasteiger partial charge on any atom is 0.309 e. The predicted molar refractivity (Wildman–Crippen MR) is 59.1 cm³/mol. The number of carbonyl (C=O) groups is 1. The molecular weight excluding hydrogens is 207 g/mol. The third kappa shape index (κ3) is 3.19. The number of hydrogen-bond acceptors (Lipinski definition) is 2. The van der Waals surface area contributed by atoms with E-state index < -0.39 is 0 Å². The van der Waals surface area contributed by atoms with E-state index in [1.807, 2.05) is 0 Å². The molecule has 1 fully saturated rings. The zero-order chi connectivity index (χ0) is 11.4. The third-order valence-corrected chi connectivity index (χ3v) is 2.39. The summed E-state index contributed by atoms with van der Waals surface area (Å²) in [6, 6.07) is 6.26. The quantitative estimate of drug-likeness (QED) is 0.729. The summed E-state index contributed by atoms with van der Waals surface area (Å²) in [6.45, 7) is 0.256. The van der Waals surface area contributed by atoms with Gasteiger partial charge in [-0.3, -0.25) is 4.79 Å². The molecule has 1 aliphatic carbocycles. The molecule has 2 rings (SSSR count). The van der Waals surface area contributed by atoms with Crippen molar-refractivity contribution in [2.45, 2.75) is 12.8 Å². The van der Waals surface area contributed by atoms with E-state index in [4.69, 9.17) is 4.74 Å². The van der Waals surface area contributed by atoms with Gasteiger partial charge >= 0.3 is 5.97 Å². The lowest BCUT2D eigenvalue weighted by molar-refractivity contribution is -0.143. The fourth-order valence-electron chi connectivity index (χ4n) is 1.36. The van der Waals surface area contributed by atoms with E-state index in [9.17, 15) is 9.18 Å². The van der Waals surface area contributed by atoms with Crippen molar-refractivity contribution in [2.24, 2.45) is 5.92 Å². The SMILES string of the molecule is O=C(OC/C=C/c1cccc(F)c1)C1CC1. The molecule has 0 unspecified atom stereocenters. The van der Waals surface area contributed by atoms with E-state index in [1.54, 1.807) is 24.3 Å². The average molecular weight is 220 g/mol. The van der Waals surface area contributed by atoms with Crippen molar-refractivity contribution in [3.05, 3.63) is 41.7 Å². The first-order valence-electron chi connectivity index (χ1n) is 5.34. The number of benzene rings is 1. The van der Waals surface area contributed by atoms with Crippen LogP contribution in [0, 0.1) is 11.7 Å². The Labute approximate surface area is 93.7 Å². The first-order valence-corrected chi connectivity index (χ1v) is 5.34. The number of hydrogen-bond donors (Lipinski definition) is 0. The average Bonchev–Trinajstić information content (AvgIpc) is 3.08. The van der Waals surface area contributed by atoms with Gasteiger partial charge in [0.25, 0.3) is 0 Å². The number of carbonyl (C=O) groups excluding carboxylic acids is 1. The van der Waals surface area contributed by atoms with Crippen LogP contribution in [0.4, 0.5) is 4.39 Å². The molecule has 84 valence electrons. The molecule has 0 bridgehead atoms. The topological polar surface area (TPSA) is 26.3 Å². The van der Waals surface area contributed by atoms with Gasteiger partial charge in [0.2, 0.25) is 0 Å². The van der Waals surface area contributed by atoms with E-state index >= 15 is 0 Å². The van der Waals surface area contributed by atoms with Crippen LogP contribution >= 0.6 is 0 Å². The first kappa shape index (κ1) is 10.9. The van der Waals surface area contributed by atoms with Crippen molar-refractivity contribution in [1.82, 2.24) is 0 Å². The van der Waals surface area contributed by atoms with Gasteiger partial charge in [-0.05, 0) is 36.6 Å². The van der Waals surface area contributed by atoms with Gasteiger partial charge in [0, 0.05) is 0 Å². The molecule has 0 spiro atoms. The highest BCUT2D eigenvalue weighted by Gasteiger charge is 2.30. The normalized spacial score (nSPS) is 15.3. The van der Waals surface area contributed by atoms with E-state index in [0.29, 0.717) is 0 Å². The first-order chi connectivity index (χ1) is 7.75. The van der Waals surface area contributed by atoms with Crippen molar-refractivity contribution >= 4 is 12.0 Å². The molecule has 16 heavy (non-hydrogen) atoms. The van der Waals surface area contributed by atoms with Crippen LogP contribution in [0.25, 0.3) is 6.08 Å². The summed E-state index contributed by atoms with van der Waals surface area (Å²) in [5.41, 5.74) is 0.766. The highest BCUT2D eigenvalue weighted by molar-refractivity contribution is 5.75. The van der Waals surface area contributed by atoms with Crippen LogP contribution < -0.4 is 0 Å². The minimum absolute atomic E-state index is 0.121. The Bertz CT molecular complexity index is 408. The standard InChI is InChI=1S/C13H13FO2/c14-12-5-1-3-10(9-12)4-2-8-16-13(15)11-6-7-11/h1-5,9,11H,6-8H2/b4-2+. The van der Waals surface area contributed by atoms with Crippen LogP contribution in [0.3, 0.4) is 0 Å². The summed E-state index contributed by atoms with van der Waals surface area (Å²) in [7, 11) is 0. The summed E-state index contributed by atoms with van der Waals surface area (Å²) in [6.07, 6.45) is 5.36. The Kier molecular flexibility index (Phi) is 3.34. The van der Waals surface area contributed by atoms with Crippen molar-refractivity contribution in [2.75, 3.05) is 6.61 Å². The zero-order valence-corrected chi connectivity index (χ0v) is 8.86. The minimum Gasteiger partial charge on any atom is -0.461 e. The summed E-state index contributed by atoms with van der Waals surface area (Å²) in [5, 5.41) is 0.